The van der Waals surface area contributed by atoms with Gasteiger partial charge in [-0.2, -0.15) is 0 Å². The predicted octanol–water partition coefficient (Wildman–Crippen LogP) is 10.5. The number of methoxy groups -OCH3 is 2. The minimum Gasteiger partial charge on any atom is -0.493 e. The van der Waals surface area contributed by atoms with E-state index in [9.17, 15) is 0 Å². The Morgan fingerprint density at radius 3 is 2.04 bits per heavy atom. The fourth-order valence-corrected chi connectivity index (χ4v) is 9.07. The maximum absolute atomic E-state index is 7.76. The van der Waals surface area contributed by atoms with Crippen LogP contribution in [0.1, 0.15) is 41.8 Å². The van der Waals surface area contributed by atoms with Gasteiger partial charge in [0.25, 0.3) is 0 Å². The van der Waals surface area contributed by atoms with Crippen molar-refractivity contribution in [3.63, 3.8) is 0 Å². The van der Waals surface area contributed by atoms with Crippen molar-refractivity contribution < 1.29 is 18.9 Å². The smallest absolute Gasteiger partial charge is 0.194 e. The quantitative estimate of drug-likeness (QED) is 0.161. The van der Waals surface area contributed by atoms with Crippen molar-refractivity contribution in [3.05, 3.63) is 161 Å². The zero-order chi connectivity index (χ0) is 38.7. The summed E-state index contributed by atoms with van der Waals surface area (Å²) in [5.41, 5.74) is 10.1. The van der Waals surface area contributed by atoms with E-state index in [2.05, 4.69) is 122 Å². The van der Waals surface area contributed by atoms with Gasteiger partial charge in [0.05, 0.1) is 38.8 Å². The molecule has 1 aliphatic carbocycles. The van der Waals surface area contributed by atoms with Gasteiger partial charge in [0.2, 0.25) is 0 Å². The van der Waals surface area contributed by atoms with Crippen molar-refractivity contribution in [2.45, 2.75) is 24.9 Å². The second-order valence-corrected chi connectivity index (χ2v) is 15.4. The molecule has 1 saturated heterocycles. The van der Waals surface area contributed by atoms with Crippen LogP contribution in [0.15, 0.2) is 133 Å². The fourth-order valence-electron chi connectivity index (χ4n) is 9.07. The van der Waals surface area contributed by atoms with Gasteiger partial charge in [-0.3, -0.25) is 0 Å². The van der Waals surface area contributed by atoms with Crippen molar-refractivity contribution >= 4 is 22.5 Å². The number of anilines is 1. The van der Waals surface area contributed by atoms with E-state index in [4.69, 9.17) is 28.9 Å². The largest absolute Gasteiger partial charge is 0.493 e. The summed E-state index contributed by atoms with van der Waals surface area (Å²) in [6, 6.07) is 44.2. The molecule has 282 valence electrons. The van der Waals surface area contributed by atoms with Crippen LogP contribution in [0.2, 0.25) is 0 Å². The van der Waals surface area contributed by atoms with E-state index < -0.39 is 5.60 Å². The normalized spacial score (nSPS) is 17.7. The van der Waals surface area contributed by atoms with Gasteiger partial charge in [0.15, 0.2) is 22.9 Å². The fraction of sp³-hybridized carbons (Fsp3) is 0.200. The first-order chi connectivity index (χ1) is 27.9. The molecule has 1 aromatic heterocycles. The van der Waals surface area contributed by atoms with Gasteiger partial charge in [-0.25, -0.2) is 9.97 Å². The highest BCUT2D eigenvalue weighted by atomic mass is 16.5. The van der Waals surface area contributed by atoms with E-state index in [1.807, 2.05) is 36.4 Å². The van der Waals surface area contributed by atoms with Gasteiger partial charge in [-0.1, -0.05) is 117 Å². The van der Waals surface area contributed by atoms with Crippen molar-refractivity contribution in [3.8, 4) is 51.0 Å². The Morgan fingerprint density at radius 2 is 1.33 bits per heavy atom. The summed E-state index contributed by atoms with van der Waals surface area (Å²) in [7, 11) is 3.37. The molecule has 1 atom stereocenters. The summed E-state index contributed by atoms with van der Waals surface area (Å²) in [6.45, 7) is 7.75. The summed E-state index contributed by atoms with van der Waals surface area (Å²) >= 11 is 0. The molecule has 57 heavy (non-hydrogen) atoms. The summed E-state index contributed by atoms with van der Waals surface area (Å²) in [5.74, 6) is 2.70. The Balaban J connectivity index is 1.26. The van der Waals surface area contributed by atoms with E-state index in [0.717, 1.165) is 68.9 Å². The van der Waals surface area contributed by atoms with Crippen LogP contribution in [-0.2, 0) is 15.8 Å². The van der Waals surface area contributed by atoms with E-state index in [-0.39, 0.29) is 5.41 Å². The first-order valence-corrected chi connectivity index (χ1v) is 19.6. The average Bonchev–Trinajstić information content (AvgIpc) is 3.53. The lowest BCUT2D eigenvalue weighted by Crippen LogP contribution is -2.37. The molecule has 7 heteroatoms. The Bertz CT molecular complexity index is 2630. The molecule has 0 amide bonds. The third-order valence-corrected chi connectivity index (χ3v) is 11.9. The molecule has 6 aromatic carbocycles. The molecule has 3 aliphatic rings. The Morgan fingerprint density at radius 1 is 0.684 bits per heavy atom. The molecule has 7 nitrogen and oxygen atoms in total. The summed E-state index contributed by atoms with van der Waals surface area (Å²) < 4.78 is 25.3. The van der Waals surface area contributed by atoms with Crippen LogP contribution in [0.25, 0.3) is 50.6 Å². The van der Waals surface area contributed by atoms with Gasteiger partial charge in [-0.05, 0) is 64.0 Å². The molecule has 0 bridgehead atoms. The highest BCUT2D eigenvalue weighted by molar-refractivity contribution is 6.09. The number of morpholine rings is 1. The molecule has 0 saturated carbocycles. The minimum atomic E-state index is -1.14. The first kappa shape index (κ1) is 35.0. The molecule has 1 fully saturated rings. The number of hydrogen-bond donors (Lipinski definition) is 0. The second kappa shape index (κ2) is 13.6. The number of benzene rings is 6. The zero-order valence-corrected chi connectivity index (χ0v) is 32.6. The van der Waals surface area contributed by atoms with Crippen molar-refractivity contribution in [2.75, 3.05) is 45.4 Å². The van der Waals surface area contributed by atoms with Gasteiger partial charge in [0.1, 0.15) is 5.75 Å². The average molecular weight is 750 g/mol. The van der Waals surface area contributed by atoms with Gasteiger partial charge in [-0.15, -0.1) is 0 Å². The maximum atomic E-state index is 7.76. The third-order valence-electron chi connectivity index (χ3n) is 11.9. The second-order valence-electron chi connectivity index (χ2n) is 15.4. The van der Waals surface area contributed by atoms with Gasteiger partial charge in [0, 0.05) is 51.8 Å². The lowest BCUT2D eigenvalue weighted by atomic mass is 9.77. The molecule has 3 heterocycles. The number of fused-ring (bicyclic) bond motifs is 8. The highest BCUT2D eigenvalue weighted by Gasteiger charge is 2.45. The Kier molecular flexibility index (Phi) is 8.38. The van der Waals surface area contributed by atoms with E-state index in [1.54, 1.807) is 14.2 Å². The van der Waals surface area contributed by atoms with Crippen LogP contribution in [0, 0.1) is 0 Å². The molecule has 0 radical (unpaired) electrons. The first-order valence-electron chi connectivity index (χ1n) is 19.6. The van der Waals surface area contributed by atoms with E-state index in [0.29, 0.717) is 30.5 Å². The van der Waals surface area contributed by atoms with Crippen LogP contribution in [0.4, 0.5) is 5.69 Å². The van der Waals surface area contributed by atoms with Crippen LogP contribution in [0.5, 0.6) is 17.2 Å². The molecule has 7 aromatic rings. The van der Waals surface area contributed by atoms with Crippen LogP contribution < -0.4 is 19.1 Å². The zero-order valence-electron chi connectivity index (χ0n) is 32.6. The van der Waals surface area contributed by atoms with Gasteiger partial charge >= 0.3 is 0 Å². The topological polar surface area (TPSA) is 65.9 Å². The molecular weight excluding hydrogens is 707 g/mol. The predicted molar refractivity (Wildman–Crippen MR) is 227 cm³/mol. The number of nitrogens with zero attached hydrogens (tertiary/aromatic N) is 3. The summed E-state index contributed by atoms with van der Waals surface area (Å²) in [4.78, 5) is 12.9. The number of ether oxygens (including phenoxy) is 4. The molecule has 0 spiro atoms. The Labute approximate surface area is 333 Å². The SMILES string of the molecule is COc1cc2c3c(c4c(c2cc1OC)-c1ccccc1C4(C)C)C=CC(c1ccc(N2CCOCC2)cc1)(c1cc(-c2ccccc2)nc(-c2ccccc2)n1)O3. The third kappa shape index (κ3) is 5.59. The number of rotatable bonds is 7. The van der Waals surface area contributed by atoms with Crippen molar-refractivity contribution in [1.29, 1.82) is 0 Å². The summed E-state index contributed by atoms with van der Waals surface area (Å²) in [6.07, 6.45) is 4.47. The highest BCUT2D eigenvalue weighted by Crippen LogP contribution is 2.59. The van der Waals surface area contributed by atoms with E-state index >= 15 is 0 Å². The van der Waals surface area contributed by atoms with Crippen LogP contribution in [0.3, 0.4) is 0 Å². The standard InChI is InChI=1S/C50H43N3O4/c1-49(2)40-18-12-11-17-36(40)45-38-29-42(54-3)43(55-4)30-39(38)47-37(46(45)49)23-24-50(57-47,34-19-21-35(22-20-34)53-25-27-56-28-26-53)44-31-41(32-13-7-5-8-14-32)51-48(52-44)33-15-9-6-10-16-33/h5-24,29-31H,25-28H2,1-4H3. The minimum absolute atomic E-state index is 0.305. The molecule has 2 aliphatic heterocycles. The van der Waals surface area contributed by atoms with E-state index in [1.165, 1.54) is 22.3 Å². The number of aromatic nitrogens is 2. The Hall–Kier alpha value is -6.44. The van der Waals surface area contributed by atoms with Gasteiger partial charge < -0.3 is 23.8 Å². The lowest BCUT2D eigenvalue weighted by Gasteiger charge is -2.38. The molecule has 0 N–H and O–H groups in total. The molecule has 10 rings (SSSR count). The monoisotopic (exact) mass is 749 g/mol. The lowest BCUT2D eigenvalue weighted by molar-refractivity contribution is 0.122. The molecule has 1 unspecified atom stereocenters. The molecular formula is C50H43N3O4. The maximum Gasteiger partial charge on any atom is 0.194 e. The van der Waals surface area contributed by atoms with Crippen LogP contribution >= 0.6 is 0 Å². The van der Waals surface area contributed by atoms with Crippen molar-refractivity contribution in [1.82, 2.24) is 9.97 Å². The number of hydrogen-bond acceptors (Lipinski definition) is 7. The summed E-state index contributed by atoms with van der Waals surface area (Å²) in [5, 5.41) is 1.98. The van der Waals surface area contributed by atoms with Crippen LogP contribution in [-0.4, -0.2) is 50.5 Å². The van der Waals surface area contributed by atoms with Crippen molar-refractivity contribution in [2.24, 2.45) is 0 Å².